The van der Waals surface area contributed by atoms with Gasteiger partial charge in [0, 0.05) is 6.54 Å². The van der Waals surface area contributed by atoms with E-state index < -0.39 is 23.4 Å². The Hall–Kier alpha value is -3.22. The Morgan fingerprint density at radius 3 is 2.39 bits per heavy atom. The van der Waals surface area contributed by atoms with Crippen molar-refractivity contribution in [3.05, 3.63) is 71.0 Å². The van der Waals surface area contributed by atoms with E-state index in [1.165, 1.54) is 12.1 Å². The standard InChI is InChI=1S/C21H22FN3O3/c1-14-3-7-16(8-4-14)21(2)19(27)25(20(28)24-21)13-18(26)23-12-11-15-5-9-17(22)10-6-15/h3-10H,11-13H2,1-2H3,(H,23,26)(H,24,28). The van der Waals surface area contributed by atoms with E-state index in [2.05, 4.69) is 10.6 Å². The van der Waals surface area contributed by atoms with Crippen LogP contribution in [0.5, 0.6) is 0 Å². The van der Waals surface area contributed by atoms with Crippen molar-refractivity contribution in [2.45, 2.75) is 25.8 Å². The van der Waals surface area contributed by atoms with E-state index in [9.17, 15) is 18.8 Å². The first-order chi connectivity index (χ1) is 13.3. The first kappa shape index (κ1) is 19.5. The molecule has 146 valence electrons. The van der Waals surface area contributed by atoms with Crippen molar-refractivity contribution in [1.29, 1.82) is 0 Å². The maximum absolute atomic E-state index is 12.9. The van der Waals surface area contributed by atoms with E-state index in [0.29, 0.717) is 18.5 Å². The first-order valence-corrected chi connectivity index (χ1v) is 9.02. The smallest absolute Gasteiger partial charge is 0.325 e. The van der Waals surface area contributed by atoms with Crippen molar-refractivity contribution in [2.24, 2.45) is 0 Å². The Bertz CT molecular complexity index is 896. The van der Waals surface area contributed by atoms with Crippen LogP contribution in [-0.4, -0.2) is 35.8 Å². The van der Waals surface area contributed by atoms with Gasteiger partial charge in [-0.25, -0.2) is 9.18 Å². The minimum absolute atomic E-state index is 0.317. The topological polar surface area (TPSA) is 78.5 Å². The zero-order valence-electron chi connectivity index (χ0n) is 15.8. The lowest BCUT2D eigenvalue weighted by Crippen LogP contribution is -2.43. The Morgan fingerprint density at radius 2 is 1.75 bits per heavy atom. The molecular formula is C21H22FN3O3. The highest BCUT2D eigenvalue weighted by Crippen LogP contribution is 2.28. The second kappa shape index (κ2) is 7.80. The van der Waals surface area contributed by atoms with Gasteiger partial charge in [0.2, 0.25) is 5.91 Å². The van der Waals surface area contributed by atoms with Gasteiger partial charge in [-0.2, -0.15) is 0 Å². The Kier molecular flexibility index (Phi) is 5.44. The number of nitrogens with one attached hydrogen (secondary N) is 2. The molecule has 2 N–H and O–H groups in total. The van der Waals surface area contributed by atoms with Gasteiger partial charge in [-0.3, -0.25) is 14.5 Å². The van der Waals surface area contributed by atoms with E-state index in [1.54, 1.807) is 31.2 Å². The predicted octanol–water partition coefficient (Wildman–Crippen LogP) is 2.26. The minimum atomic E-state index is -1.20. The van der Waals surface area contributed by atoms with Crippen LogP contribution in [0.2, 0.25) is 0 Å². The Balaban J connectivity index is 1.58. The molecule has 0 aliphatic carbocycles. The molecule has 7 heteroatoms. The van der Waals surface area contributed by atoms with Crippen LogP contribution in [0.1, 0.15) is 23.6 Å². The second-order valence-electron chi connectivity index (χ2n) is 7.04. The van der Waals surface area contributed by atoms with Crippen molar-refractivity contribution >= 4 is 17.8 Å². The number of hydrogen-bond acceptors (Lipinski definition) is 3. The second-order valence-corrected chi connectivity index (χ2v) is 7.04. The third-order valence-electron chi connectivity index (χ3n) is 4.85. The monoisotopic (exact) mass is 383 g/mol. The van der Waals surface area contributed by atoms with Crippen molar-refractivity contribution in [3.8, 4) is 0 Å². The lowest BCUT2D eigenvalue weighted by atomic mass is 9.91. The summed E-state index contributed by atoms with van der Waals surface area (Å²) in [6.45, 7) is 3.53. The molecule has 2 aromatic rings. The van der Waals surface area contributed by atoms with Gasteiger partial charge in [0.05, 0.1) is 0 Å². The molecule has 28 heavy (non-hydrogen) atoms. The van der Waals surface area contributed by atoms with Gasteiger partial charge in [-0.05, 0) is 43.5 Å². The summed E-state index contributed by atoms with van der Waals surface area (Å²) in [6, 6.07) is 12.7. The fourth-order valence-electron chi connectivity index (χ4n) is 3.12. The fourth-order valence-corrected chi connectivity index (χ4v) is 3.12. The third kappa shape index (κ3) is 4.03. The summed E-state index contributed by atoms with van der Waals surface area (Å²) in [5, 5.41) is 5.36. The van der Waals surface area contributed by atoms with E-state index in [4.69, 9.17) is 0 Å². The van der Waals surface area contributed by atoms with E-state index in [1.807, 2.05) is 19.1 Å². The molecule has 6 nitrogen and oxygen atoms in total. The molecule has 1 aliphatic rings. The number of urea groups is 1. The summed E-state index contributed by atoms with van der Waals surface area (Å²) < 4.78 is 12.9. The van der Waals surface area contributed by atoms with Crippen LogP contribution in [-0.2, 0) is 21.5 Å². The van der Waals surface area contributed by atoms with Crippen LogP contribution in [0, 0.1) is 12.7 Å². The quantitative estimate of drug-likeness (QED) is 0.751. The molecule has 0 spiro atoms. The number of aryl methyl sites for hydroxylation is 1. The molecule has 0 bridgehead atoms. The molecule has 1 saturated heterocycles. The van der Waals surface area contributed by atoms with Gasteiger partial charge >= 0.3 is 6.03 Å². The van der Waals surface area contributed by atoms with E-state index >= 15 is 0 Å². The Morgan fingerprint density at radius 1 is 1.11 bits per heavy atom. The first-order valence-electron chi connectivity index (χ1n) is 9.02. The summed E-state index contributed by atoms with van der Waals surface area (Å²) in [6.07, 6.45) is 0.521. The van der Waals surface area contributed by atoms with Crippen molar-refractivity contribution in [2.75, 3.05) is 13.1 Å². The van der Waals surface area contributed by atoms with Crippen LogP contribution in [0.3, 0.4) is 0 Å². The Labute approximate surface area is 162 Å². The normalized spacial score (nSPS) is 18.9. The number of carbonyl (C=O) groups excluding carboxylic acids is 3. The molecule has 4 amide bonds. The molecule has 3 rings (SSSR count). The van der Waals surface area contributed by atoms with Crippen LogP contribution in [0.15, 0.2) is 48.5 Å². The average Bonchev–Trinajstić information content (AvgIpc) is 2.88. The lowest BCUT2D eigenvalue weighted by Gasteiger charge is -2.22. The van der Waals surface area contributed by atoms with Gasteiger partial charge in [-0.1, -0.05) is 42.0 Å². The van der Waals surface area contributed by atoms with Gasteiger partial charge in [-0.15, -0.1) is 0 Å². The number of hydrogen-bond donors (Lipinski definition) is 2. The SMILES string of the molecule is Cc1ccc(C2(C)NC(=O)N(CC(=O)NCCc3ccc(F)cc3)C2=O)cc1. The minimum Gasteiger partial charge on any atom is -0.354 e. The summed E-state index contributed by atoms with van der Waals surface area (Å²) in [7, 11) is 0. The number of carbonyl (C=O) groups is 3. The van der Waals surface area contributed by atoms with Crippen LogP contribution in [0.25, 0.3) is 0 Å². The maximum Gasteiger partial charge on any atom is 0.325 e. The largest absolute Gasteiger partial charge is 0.354 e. The van der Waals surface area contributed by atoms with Crippen LogP contribution in [0.4, 0.5) is 9.18 Å². The maximum atomic E-state index is 12.9. The third-order valence-corrected chi connectivity index (χ3v) is 4.85. The molecule has 0 aromatic heterocycles. The molecule has 0 radical (unpaired) electrons. The predicted molar refractivity (Wildman–Crippen MR) is 102 cm³/mol. The summed E-state index contributed by atoms with van der Waals surface area (Å²) in [5.41, 5.74) is 1.39. The highest BCUT2D eigenvalue weighted by molar-refractivity contribution is 6.09. The highest BCUT2D eigenvalue weighted by atomic mass is 19.1. The molecule has 1 heterocycles. The van der Waals surface area contributed by atoms with E-state index in [-0.39, 0.29) is 12.4 Å². The molecule has 1 unspecified atom stereocenters. The molecule has 2 aromatic carbocycles. The number of halogens is 1. The fraction of sp³-hybridized carbons (Fsp3) is 0.286. The number of rotatable bonds is 6. The average molecular weight is 383 g/mol. The van der Waals surface area contributed by atoms with Gasteiger partial charge < -0.3 is 10.6 Å². The van der Waals surface area contributed by atoms with E-state index in [0.717, 1.165) is 16.0 Å². The zero-order chi connectivity index (χ0) is 20.3. The van der Waals surface area contributed by atoms with Crippen molar-refractivity contribution < 1.29 is 18.8 Å². The van der Waals surface area contributed by atoms with Gasteiger partial charge in [0.15, 0.2) is 0 Å². The number of imide groups is 1. The van der Waals surface area contributed by atoms with Gasteiger partial charge in [0.25, 0.3) is 5.91 Å². The van der Waals surface area contributed by atoms with Crippen molar-refractivity contribution in [3.63, 3.8) is 0 Å². The summed E-state index contributed by atoms with van der Waals surface area (Å²) in [5.74, 6) is -1.21. The number of amides is 4. The van der Waals surface area contributed by atoms with Crippen LogP contribution < -0.4 is 10.6 Å². The van der Waals surface area contributed by atoms with Gasteiger partial charge in [0.1, 0.15) is 17.9 Å². The highest BCUT2D eigenvalue weighted by Gasteiger charge is 2.49. The number of nitrogens with zero attached hydrogens (tertiary/aromatic N) is 1. The zero-order valence-corrected chi connectivity index (χ0v) is 15.8. The summed E-state index contributed by atoms with van der Waals surface area (Å²) in [4.78, 5) is 38.2. The molecule has 1 aliphatic heterocycles. The number of benzene rings is 2. The lowest BCUT2D eigenvalue weighted by molar-refractivity contribution is -0.134. The molecule has 1 atom stereocenters. The summed E-state index contributed by atoms with van der Waals surface area (Å²) >= 11 is 0. The van der Waals surface area contributed by atoms with Crippen molar-refractivity contribution in [1.82, 2.24) is 15.5 Å². The molecule has 1 fully saturated rings. The molecule has 0 saturated carbocycles. The van der Waals surface area contributed by atoms with Crippen LogP contribution >= 0.6 is 0 Å². The molecular weight excluding hydrogens is 361 g/mol.